The Kier molecular flexibility index (Phi) is 5.81. The summed E-state index contributed by atoms with van der Waals surface area (Å²) in [5.41, 5.74) is 0.418. The maximum absolute atomic E-state index is 12.9. The minimum atomic E-state index is -0.519. The number of hydrogen-bond donors (Lipinski definition) is 1. The Morgan fingerprint density at radius 3 is 2.40 bits per heavy atom. The maximum atomic E-state index is 12.9. The predicted octanol–water partition coefficient (Wildman–Crippen LogP) is 1.85. The van der Waals surface area contributed by atoms with Gasteiger partial charge in [0.1, 0.15) is 5.82 Å². The number of carbonyl (C=O) groups is 2. The van der Waals surface area contributed by atoms with E-state index in [2.05, 4.69) is 4.90 Å². The smallest absolute Gasteiger partial charge is 0.223 e. The number of likely N-dealkylation sites (tertiary alicyclic amines) is 2. The van der Waals surface area contributed by atoms with Crippen molar-refractivity contribution in [1.29, 1.82) is 0 Å². The minimum absolute atomic E-state index is 0.0112. The molecule has 0 aliphatic carbocycles. The minimum Gasteiger partial charge on any atom is -0.390 e. The molecule has 2 saturated heterocycles. The van der Waals surface area contributed by atoms with Crippen LogP contribution in [-0.2, 0) is 4.79 Å². The molecule has 6 heteroatoms. The molecule has 2 heterocycles. The van der Waals surface area contributed by atoms with E-state index in [4.69, 9.17) is 0 Å². The van der Waals surface area contributed by atoms with Crippen molar-refractivity contribution in [3.63, 3.8) is 0 Å². The highest BCUT2D eigenvalue weighted by Gasteiger charge is 2.37. The third-order valence-corrected chi connectivity index (χ3v) is 5.20. The molecular formula is C19H25FN2O3. The summed E-state index contributed by atoms with van der Waals surface area (Å²) in [6, 6.07) is 5.38. The maximum Gasteiger partial charge on any atom is 0.223 e. The SMILES string of the molecule is O=C(CCC(=O)N1C[C@@H](O)[C@H](N2CCCCC2)C1)c1ccc(F)cc1. The first-order valence-electron chi connectivity index (χ1n) is 9.03. The third kappa shape index (κ3) is 4.44. The Hall–Kier alpha value is -1.79. The van der Waals surface area contributed by atoms with E-state index in [1.54, 1.807) is 4.90 Å². The van der Waals surface area contributed by atoms with Crippen molar-refractivity contribution in [3.8, 4) is 0 Å². The number of ketones is 1. The van der Waals surface area contributed by atoms with E-state index in [0.29, 0.717) is 18.7 Å². The van der Waals surface area contributed by atoms with E-state index in [9.17, 15) is 19.1 Å². The van der Waals surface area contributed by atoms with Gasteiger partial charge in [0.25, 0.3) is 0 Å². The summed E-state index contributed by atoms with van der Waals surface area (Å²) in [5, 5.41) is 10.3. The Morgan fingerprint density at radius 2 is 1.72 bits per heavy atom. The molecule has 2 atom stereocenters. The molecule has 1 aromatic rings. The lowest BCUT2D eigenvalue weighted by atomic mass is 10.1. The quantitative estimate of drug-likeness (QED) is 0.825. The molecule has 0 spiro atoms. The average molecular weight is 348 g/mol. The number of Topliss-reactive ketones (excluding diaryl/α,β-unsaturated/α-hetero) is 1. The molecule has 0 radical (unpaired) electrons. The van der Waals surface area contributed by atoms with Gasteiger partial charge in [0.05, 0.1) is 12.1 Å². The van der Waals surface area contributed by atoms with Crippen molar-refractivity contribution in [1.82, 2.24) is 9.80 Å². The second-order valence-corrected chi connectivity index (χ2v) is 6.96. The first-order chi connectivity index (χ1) is 12.0. The van der Waals surface area contributed by atoms with Crippen LogP contribution in [0.1, 0.15) is 42.5 Å². The largest absolute Gasteiger partial charge is 0.390 e. The fraction of sp³-hybridized carbons (Fsp3) is 0.579. The number of hydrogen-bond acceptors (Lipinski definition) is 4. The van der Waals surface area contributed by atoms with Gasteiger partial charge < -0.3 is 10.0 Å². The molecule has 1 amide bonds. The fourth-order valence-electron chi connectivity index (χ4n) is 3.74. The molecule has 0 bridgehead atoms. The molecule has 136 valence electrons. The molecular weight excluding hydrogens is 323 g/mol. The van der Waals surface area contributed by atoms with Crippen molar-refractivity contribution in [2.45, 2.75) is 44.2 Å². The summed E-state index contributed by atoms with van der Waals surface area (Å²) >= 11 is 0. The van der Waals surface area contributed by atoms with Crippen LogP contribution in [0.15, 0.2) is 24.3 Å². The monoisotopic (exact) mass is 348 g/mol. The topological polar surface area (TPSA) is 60.9 Å². The Balaban J connectivity index is 1.50. The lowest BCUT2D eigenvalue weighted by Crippen LogP contribution is -2.46. The number of carbonyl (C=O) groups excluding carboxylic acids is 2. The third-order valence-electron chi connectivity index (χ3n) is 5.20. The van der Waals surface area contributed by atoms with Crippen LogP contribution in [0.4, 0.5) is 4.39 Å². The molecule has 1 N–H and O–H groups in total. The molecule has 0 saturated carbocycles. The summed E-state index contributed by atoms with van der Waals surface area (Å²) < 4.78 is 12.9. The summed E-state index contributed by atoms with van der Waals surface area (Å²) in [6.07, 6.45) is 3.22. The second-order valence-electron chi connectivity index (χ2n) is 6.96. The summed E-state index contributed by atoms with van der Waals surface area (Å²) in [5.74, 6) is -0.655. The normalized spacial score (nSPS) is 24.5. The van der Waals surface area contributed by atoms with Crippen LogP contribution in [-0.4, -0.2) is 64.9 Å². The van der Waals surface area contributed by atoms with Crippen LogP contribution in [0.3, 0.4) is 0 Å². The molecule has 25 heavy (non-hydrogen) atoms. The zero-order valence-corrected chi connectivity index (χ0v) is 14.4. The molecule has 3 rings (SSSR count). The van der Waals surface area contributed by atoms with Gasteiger partial charge in [-0.25, -0.2) is 4.39 Å². The van der Waals surface area contributed by atoms with Crippen molar-refractivity contribution in [2.24, 2.45) is 0 Å². The van der Waals surface area contributed by atoms with Crippen LogP contribution < -0.4 is 0 Å². The number of halogens is 1. The lowest BCUT2D eigenvalue weighted by molar-refractivity contribution is -0.130. The van der Waals surface area contributed by atoms with E-state index >= 15 is 0 Å². The van der Waals surface area contributed by atoms with Gasteiger partial charge in [-0.2, -0.15) is 0 Å². The van der Waals surface area contributed by atoms with Gasteiger partial charge in [-0.05, 0) is 50.2 Å². The highest BCUT2D eigenvalue weighted by atomic mass is 19.1. The van der Waals surface area contributed by atoms with Crippen LogP contribution in [0.25, 0.3) is 0 Å². The van der Waals surface area contributed by atoms with E-state index < -0.39 is 6.10 Å². The summed E-state index contributed by atoms with van der Waals surface area (Å²) in [7, 11) is 0. The van der Waals surface area contributed by atoms with Crippen LogP contribution in [0.5, 0.6) is 0 Å². The van der Waals surface area contributed by atoms with E-state index in [-0.39, 0.29) is 36.4 Å². The van der Waals surface area contributed by atoms with Gasteiger partial charge in [-0.15, -0.1) is 0 Å². The van der Waals surface area contributed by atoms with E-state index in [1.165, 1.54) is 30.7 Å². The van der Waals surface area contributed by atoms with Crippen LogP contribution in [0.2, 0.25) is 0 Å². The molecule has 2 aliphatic rings. The van der Waals surface area contributed by atoms with E-state index in [0.717, 1.165) is 25.9 Å². The summed E-state index contributed by atoms with van der Waals surface area (Å²) in [6.45, 7) is 2.83. The highest BCUT2D eigenvalue weighted by Crippen LogP contribution is 2.21. The zero-order chi connectivity index (χ0) is 17.8. The molecule has 2 fully saturated rings. The van der Waals surface area contributed by atoms with Crippen molar-refractivity contribution in [3.05, 3.63) is 35.6 Å². The van der Waals surface area contributed by atoms with E-state index in [1.807, 2.05) is 0 Å². The molecule has 5 nitrogen and oxygen atoms in total. The molecule has 2 aliphatic heterocycles. The van der Waals surface area contributed by atoms with Crippen LogP contribution in [0, 0.1) is 5.82 Å². The standard InChI is InChI=1S/C19H25FN2O3/c20-15-6-4-14(5-7-15)17(23)8-9-19(25)22-12-16(18(24)13-22)21-10-2-1-3-11-21/h4-7,16,18,24H,1-3,8-13H2/t16-,18-/m1/s1. The first kappa shape index (κ1) is 18.0. The Labute approximate surface area is 147 Å². The second kappa shape index (κ2) is 8.06. The van der Waals surface area contributed by atoms with Gasteiger partial charge in [0, 0.05) is 31.5 Å². The van der Waals surface area contributed by atoms with Gasteiger partial charge >= 0.3 is 0 Å². The van der Waals surface area contributed by atoms with Gasteiger partial charge in [0.15, 0.2) is 5.78 Å². The zero-order valence-electron chi connectivity index (χ0n) is 14.4. The lowest BCUT2D eigenvalue weighted by Gasteiger charge is -2.33. The number of benzene rings is 1. The number of amides is 1. The molecule has 1 aromatic carbocycles. The number of nitrogens with zero attached hydrogens (tertiary/aromatic N) is 2. The Bertz CT molecular complexity index is 614. The van der Waals surface area contributed by atoms with Crippen LogP contribution >= 0.6 is 0 Å². The number of β-amino-alcohol motifs (C(OH)–C–C–N with tert-alkyl or cyclic N) is 1. The van der Waals surface area contributed by atoms with Gasteiger partial charge in [-0.3, -0.25) is 14.5 Å². The average Bonchev–Trinajstić information content (AvgIpc) is 3.02. The number of aliphatic hydroxyl groups is 1. The van der Waals surface area contributed by atoms with Crippen molar-refractivity contribution in [2.75, 3.05) is 26.2 Å². The highest BCUT2D eigenvalue weighted by molar-refractivity contribution is 5.97. The fourth-order valence-corrected chi connectivity index (χ4v) is 3.74. The van der Waals surface area contributed by atoms with Crippen molar-refractivity contribution < 1.29 is 19.1 Å². The first-order valence-corrected chi connectivity index (χ1v) is 9.03. The van der Waals surface area contributed by atoms with Crippen molar-refractivity contribution >= 4 is 11.7 Å². The number of piperidine rings is 1. The molecule has 0 aromatic heterocycles. The van der Waals surface area contributed by atoms with Gasteiger partial charge in [0.2, 0.25) is 5.91 Å². The summed E-state index contributed by atoms with van der Waals surface area (Å²) in [4.78, 5) is 28.4. The Morgan fingerprint density at radius 1 is 1.04 bits per heavy atom. The predicted molar refractivity (Wildman–Crippen MR) is 91.8 cm³/mol. The number of rotatable bonds is 5. The van der Waals surface area contributed by atoms with Gasteiger partial charge in [-0.1, -0.05) is 6.42 Å². The number of aliphatic hydroxyl groups excluding tert-OH is 1. The molecule has 0 unspecified atom stereocenters.